The number of amides is 1. The van der Waals surface area contributed by atoms with Gasteiger partial charge < -0.3 is 9.84 Å². The molecule has 2 heterocycles. The summed E-state index contributed by atoms with van der Waals surface area (Å²) in [5.74, 6) is 1.37. The van der Waals surface area contributed by atoms with Gasteiger partial charge in [0.1, 0.15) is 0 Å². The highest BCUT2D eigenvalue weighted by molar-refractivity contribution is 7.99. The van der Waals surface area contributed by atoms with Crippen LogP contribution in [0.2, 0.25) is 0 Å². The second-order valence-electron chi connectivity index (χ2n) is 6.55. The zero-order chi connectivity index (χ0) is 20.9. The SMILES string of the molecule is CCn1c(SCC(=O)Nc2ccccc2)nnc1-c1nc(-c2cccc(C)c2)no1. The molecule has 0 unspecified atom stereocenters. The number of nitrogens with zero attached hydrogens (tertiary/aromatic N) is 5. The third-order valence-electron chi connectivity index (χ3n) is 4.32. The highest BCUT2D eigenvalue weighted by atomic mass is 32.2. The normalized spacial score (nSPS) is 10.9. The number of aromatic nitrogens is 5. The molecule has 1 N–H and O–H groups in total. The van der Waals surface area contributed by atoms with Crippen LogP contribution in [-0.4, -0.2) is 36.6 Å². The Morgan fingerprint density at radius 1 is 1.13 bits per heavy atom. The molecule has 2 aromatic carbocycles. The number of nitrogens with one attached hydrogen (secondary N) is 1. The van der Waals surface area contributed by atoms with E-state index < -0.39 is 0 Å². The number of carbonyl (C=O) groups excluding carboxylic acids is 1. The largest absolute Gasteiger partial charge is 0.330 e. The number of carbonyl (C=O) groups is 1. The summed E-state index contributed by atoms with van der Waals surface area (Å²) >= 11 is 1.31. The first-order valence-corrected chi connectivity index (χ1v) is 10.4. The average molecular weight is 420 g/mol. The molecule has 0 fully saturated rings. The molecule has 0 spiro atoms. The van der Waals surface area contributed by atoms with Gasteiger partial charge >= 0.3 is 0 Å². The van der Waals surface area contributed by atoms with E-state index in [9.17, 15) is 4.79 Å². The fourth-order valence-electron chi connectivity index (χ4n) is 2.90. The number of hydrogen-bond donors (Lipinski definition) is 1. The summed E-state index contributed by atoms with van der Waals surface area (Å²) in [6, 6.07) is 17.2. The minimum Gasteiger partial charge on any atom is -0.330 e. The average Bonchev–Trinajstić information content (AvgIpc) is 3.39. The van der Waals surface area contributed by atoms with Crippen molar-refractivity contribution in [3.05, 3.63) is 60.2 Å². The van der Waals surface area contributed by atoms with Crippen molar-refractivity contribution in [3.63, 3.8) is 0 Å². The Morgan fingerprint density at radius 2 is 1.97 bits per heavy atom. The van der Waals surface area contributed by atoms with Gasteiger partial charge in [-0.2, -0.15) is 4.98 Å². The fourth-order valence-corrected chi connectivity index (χ4v) is 3.71. The molecule has 0 saturated carbocycles. The lowest BCUT2D eigenvalue weighted by Gasteiger charge is -2.06. The van der Waals surface area contributed by atoms with Crippen LogP contribution in [0.25, 0.3) is 23.1 Å². The van der Waals surface area contributed by atoms with E-state index in [1.54, 1.807) is 0 Å². The van der Waals surface area contributed by atoms with Crippen LogP contribution >= 0.6 is 11.8 Å². The molecule has 0 aliphatic rings. The van der Waals surface area contributed by atoms with Gasteiger partial charge in [0.2, 0.25) is 17.6 Å². The number of anilines is 1. The van der Waals surface area contributed by atoms with Crippen molar-refractivity contribution in [1.29, 1.82) is 0 Å². The fraction of sp³-hybridized carbons (Fsp3) is 0.190. The van der Waals surface area contributed by atoms with Crippen molar-refractivity contribution in [1.82, 2.24) is 24.9 Å². The van der Waals surface area contributed by atoms with Gasteiger partial charge in [0, 0.05) is 17.8 Å². The monoisotopic (exact) mass is 420 g/mol. The van der Waals surface area contributed by atoms with Gasteiger partial charge in [-0.3, -0.25) is 9.36 Å². The van der Waals surface area contributed by atoms with Crippen LogP contribution in [0.3, 0.4) is 0 Å². The van der Waals surface area contributed by atoms with Crippen LogP contribution in [0.1, 0.15) is 12.5 Å². The predicted molar refractivity (Wildman–Crippen MR) is 115 cm³/mol. The standard InChI is InChI=1S/C21H20N6O2S/c1-3-27-19(20-23-18(26-29-20)15-9-7-8-14(2)12-15)24-25-21(27)30-13-17(28)22-16-10-5-4-6-11-16/h4-12H,3,13H2,1-2H3,(H,22,28). The number of hydrogen-bond acceptors (Lipinski definition) is 7. The van der Waals surface area contributed by atoms with Gasteiger partial charge in [-0.25, -0.2) is 0 Å². The summed E-state index contributed by atoms with van der Waals surface area (Å²) in [7, 11) is 0. The molecule has 4 rings (SSSR count). The molecule has 0 bridgehead atoms. The Labute approximate surface area is 177 Å². The summed E-state index contributed by atoms with van der Waals surface area (Å²) < 4.78 is 7.29. The van der Waals surface area contributed by atoms with Gasteiger partial charge in [0.05, 0.1) is 5.75 Å². The minimum absolute atomic E-state index is 0.113. The first-order valence-electron chi connectivity index (χ1n) is 9.46. The van der Waals surface area contributed by atoms with Crippen LogP contribution in [0.5, 0.6) is 0 Å². The van der Waals surface area contributed by atoms with Gasteiger partial charge in [-0.15, -0.1) is 10.2 Å². The van der Waals surface area contributed by atoms with Crippen molar-refractivity contribution < 1.29 is 9.32 Å². The lowest BCUT2D eigenvalue weighted by Crippen LogP contribution is -2.14. The Balaban J connectivity index is 1.48. The van der Waals surface area contributed by atoms with Gasteiger partial charge in [0.25, 0.3) is 5.89 Å². The maximum absolute atomic E-state index is 12.2. The smallest absolute Gasteiger partial charge is 0.296 e. The number of aryl methyl sites for hydroxylation is 1. The summed E-state index contributed by atoms with van der Waals surface area (Å²) in [5.41, 5.74) is 2.75. The van der Waals surface area contributed by atoms with E-state index in [4.69, 9.17) is 4.52 Å². The summed E-state index contributed by atoms with van der Waals surface area (Å²) in [4.78, 5) is 16.7. The molecule has 0 saturated heterocycles. The molecule has 0 radical (unpaired) electrons. The molecule has 2 aromatic heterocycles. The van der Waals surface area contributed by atoms with Gasteiger partial charge in [-0.05, 0) is 32.0 Å². The number of thioether (sulfide) groups is 1. The molecular formula is C21H20N6O2S. The quantitative estimate of drug-likeness (QED) is 0.450. The maximum atomic E-state index is 12.2. The first-order chi connectivity index (χ1) is 14.6. The Kier molecular flexibility index (Phi) is 5.89. The summed E-state index contributed by atoms with van der Waals surface area (Å²) in [5, 5.41) is 16.0. The van der Waals surface area contributed by atoms with E-state index in [-0.39, 0.29) is 11.7 Å². The summed E-state index contributed by atoms with van der Waals surface area (Å²) in [6.45, 7) is 4.58. The van der Waals surface area contributed by atoms with Crippen molar-refractivity contribution in [2.45, 2.75) is 25.5 Å². The van der Waals surface area contributed by atoms with Crippen molar-refractivity contribution in [2.75, 3.05) is 11.1 Å². The first kappa shape index (κ1) is 19.8. The molecule has 9 heteroatoms. The zero-order valence-electron chi connectivity index (χ0n) is 16.6. The van der Waals surface area contributed by atoms with Crippen molar-refractivity contribution >= 4 is 23.4 Å². The second-order valence-corrected chi connectivity index (χ2v) is 7.49. The molecule has 0 aliphatic heterocycles. The third kappa shape index (κ3) is 4.41. The minimum atomic E-state index is -0.113. The summed E-state index contributed by atoms with van der Waals surface area (Å²) in [6.07, 6.45) is 0. The van der Waals surface area contributed by atoms with E-state index in [0.29, 0.717) is 29.2 Å². The zero-order valence-corrected chi connectivity index (χ0v) is 17.4. The van der Waals surface area contributed by atoms with Crippen LogP contribution in [0.15, 0.2) is 64.3 Å². The van der Waals surface area contributed by atoms with Gasteiger partial charge in [-0.1, -0.05) is 58.9 Å². The number of rotatable bonds is 7. The molecule has 152 valence electrons. The lowest BCUT2D eigenvalue weighted by molar-refractivity contribution is -0.113. The second kappa shape index (κ2) is 8.91. The Bertz CT molecular complexity index is 1160. The van der Waals surface area contributed by atoms with Gasteiger partial charge in [0.15, 0.2) is 5.16 Å². The van der Waals surface area contributed by atoms with E-state index in [0.717, 1.165) is 16.8 Å². The molecular weight excluding hydrogens is 400 g/mol. The highest BCUT2D eigenvalue weighted by Crippen LogP contribution is 2.25. The molecule has 0 atom stereocenters. The third-order valence-corrected chi connectivity index (χ3v) is 5.28. The Hall–Kier alpha value is -3.46. The number of benzene rings is 2. The molecule has 4 aromatic rings. The van der Waals surface area contributed by atoms with Crippen LogP contribution in [0, 0.1) is 6.92 Å². The van der Waals surface area contributed by atoms with E-state index in [1.165, 1.54) is 11.8 Å². The van der Waals surface area contributed by atoms with E-state index in [2.05, 4.69) is 25.7 Å². The molecule has 30 heavy (non-hydrogen) atoms. The number of para-hydroxylation sites is 1. The Morgan fingerprint density at radius 3 is 2.73 bits per heavy atom. The van der Waals surface area contributed by atoms with Crippen LogP contribution in [0.4, 0.5) is 5.69 Å². The van der Waals surface area contributed by atoms with Crippen LogP contribution < -0.4 is 5.32 Å². The van der Waals surface area contributed by atoms with Crippen molar-refractivity contribution in [3.8, 4) is 23.1 Å². The molecule has 1 amide bonds. The predicted octanol–water partition coefficient (Wildman–Crippen LogP) is 4.05. The topological polar surface area (TPSA) is 98.7 Å². The van der Waals surface area contributed by atoms with E-state index >= 15 is 0 Å². The van der Waals surface area contributed by atoms with Crippen LogP contribution in [-0.2, 0) is 11.3 Å². The molecule has 8 nitrogen and oxygen atoms in total. The highest BCUT2D eigenvalue weighted by Gasteiger charge is 2.20. The molecule has 0 aliphatic carbocycles. The van der Waals surface area contributed by atoms with E-state index in [1.807, 2.05) is 73.0 Å². The maximum Gasteiger partial charge on any atom is 0.296 e. The van der Waals surface area contributed by atoms with Crippen molar-refractivity contribution in [2.24, 2.45) is 0 Å². The lowest BCUT2D eigenvalue weighted by atomic mass is 10.1.